The van der Waals surface area contributed by atoms with Crippen LogP contribution < -0.4 is 11.2 Å². The fourth-order valence-corrected chi connectivity index (χ4v) is 2.10. The molecular weight excluding hydrogens is 284 g/mol. The van der Waals surface area contributed by atoms with Crippen molar-refractivity contribution in [3.8, 4) is 0 Å². The summed E-state index contributed by atoms with van der Waals surface area (Å²) in [5, 5.41) is 0. The van der Waals surface area contributed by atoms with Gasteiger partial charge in [0.15, 0.2) is 0 Å². The Balaban J connectivity index is 2.48. The molecule has 1 aromatic heterocycles. The van der Waals surface area contributed by atoms with E-state index < -0.39 is 5.69 Å². The van der Waals surface area contributed by atoms with E-state index in [4.69, 9.17) is 0 Å². The van der Waals surface area contributed by atoms with Crippen LogP contribution in [0.25, 0.3) is 0 Å². The van der Waals surface area contributed by atoms with Gasteiger partial charge in [0, 0.05) is 22.2 Å². The molecule has 1 heterocycles. The summed E-state index contributed by atoms with van der Waals surface area (Å²) in [4.78, 5) is 27.6. The molecular formula is C12H11BrN2O2. The van der Waals surface area contributed by atoms with Crippen molar-refractivity contribution in [2.45, 2.75) is 13.3 Å². The molecule has 0 atom stereocenters. The van der Waals surface area contributed by atoms with E-state index in [1.165, 1.54) is 0 Å². The molecule has 0 spiro atoms. The molecule has 5 heteroatoms. The summed E-state index contributed by atoms with van der Waals surface area (Å²) < 4.78 is 0.949. The Morgan fingerprint density at radius 3 is 2.53 bits per heavy atom. The highest BCUT2D eigenvalue weighted by atomic mass is 79.9. The third-order valence-corrected chi connectivity index (χ3v) is 3.35. The number of nitrogens with one attached hydrogen (secondary N) is 2. The Kier molecular flexibility index (Phi) is 3.28. The van der Waals surface area contributed by atoms with Gasteiger partial charge in [-0.3, -0.25) is 9.78 Å². The zero-order valence-electron chi connectivity index (χ0n) is 9.21. The van der Waals surface area contributed by atoms with Crippen LogP contribution in [-0.2, 0) is 6.42 Å². The molecule has 1 aromatic carbocycles. The van der Waals surface area contributed by atoms with Gasteiger partial charge in [0.2, 0.25) is 0 Å². The number of aryl methyl sites for hydroxylation is 1. The summed E-state index contributed by atoms with van der Waals surface area (Å²) in [6.07, 6.45) is 0.485. The fourth-order valence-electron chi connectivity index (χ4n) is 1.67. The Bertz CT molecular complexity index is 658. The van der Waals surface area contributed by atoms with Crippen molar-refractivity contribution in [3.63, 3.8) is 0 Å². The molecule has 0 saturated carbocycles. The molecule has 0 bridgehead atoms. The van der Waals surface area contributed by atoms with Crippen molar-refractivity contribution in [1.29, 1.82) is 0 Å². The number of hydrogen-bond acceptors (Lipinski definition) is 2. The van der Waals surface area contributed by atoms with E-state index in [2.05, 4.69) is 25.9 Å². The van der Waals surface area contributed by atoms with Crippen molar-refractivity contribution >= 4 is 15.9 Å². The van der Waals surface area contributed by atoms with Crippen molar-refractivity contribution < 1.29 is 0 Å². The van der Waals surface area contributed by atoms with Crippen molar-refractivity contribution in [3.05, 3.63) is 66.4 Å². The average Bonchev–Trinajstić information content (AvgIpc) is 2.25. The fraction of sp³-hybridized carbons (Fsp3) is 0.167. The second-order valence-electron chi connectivity index (χ2n) is 3.78. The second-order valence-corrected chi connectivity index (χ2v) is 4.63. The van der Waals surface area contributed by atoms with E-state index in [0.717, 1.165) is 10.0 Å². The van der Waals surface area contributed by atoms with Gasteiger partial charge < -0.3 is 4.98 Å². The van der Waals surface area contributed by atoms with Gasteiger partial charge in [-0.05, 0) is 18.6 Å². The van der Waals surface area contributed by atoms with Crippen LogP contribution in [-0.4, -0.2) is 9.97 Å². The van der Waals surface area contributed by atoms with E-state index in [1.807, 2.05) is 24.3 Å². The molecule has 17 heavy (non-hydrogen) atoms. The number of H-pyrrole nitrogens is 2. The molecule has 2 aromatic rings. The van der Waals surface area contributed by atoms with Crippen LogP contribution >= 0.6 is 15.9 Å². The Hall–Kier alpha value is -1.62. The predicted molar refractivity (Wildman–Crippen MR) is 69.4 cm³/mol. The minimum absolute atomic E-state index is 0.331. The summed E-state index contributed by atoms with van der Waals surface area (Å²) in [6.45, 7) is 1.73. The largest absolute Gasteiger partial charge is 0.325 e. The van der Waals surface area contributed by atoms with Crippen LogP contribution in [0, 0.1) is 6.92 Å². The van der Waals surface area contributed by atoms with E-state index in [-0.39, 0.29) is 5.56 Å². The molecule has 88 valence electrons. The van der Waals surface area contributed by atoms with Gasteiger partial charge >= 0.3 is 5.69 Å². The number of rotatable bonds is 2. The number of aromatic amines is 2. The summed E-state index contributed by atoms with van der Waals surface area (Å²) in [5.41, 5.74) is 1.39. The lowest BCUT2D eigenvalue weighted by Gasteiger charge is -2.05. The van der Waals surface area contributed by atoms with Gasteiger partial charge in [-0.15, -0.1) is 0 Å². The van der Waals surface area contributed by atoms with E-state index >= 15 is 0 Å². The van der Waals surface area contributed by atoms with Crippen molar-refractivity contribution in [2.75, 3.05) is 0 Å². The first-order chi connectivity index (χ1) is 8.08. The smallest absolute Gasteiger partial charge is 0.311 e. The first-order valence-electron chi connectivity index (χ1n) is 5.13. The number of halogens is 1. The minimum atomic E-state index is -0.469. The van der Waals surface area contributed by atoms with Crippen molar-refractivity contribution in [2.24, 2.45) is 0 Å². The summed E-state index contributed by atoms with van der Waals surface area (Å²) in [7, 11) is 0. The SMILES string of the molecule is Cc1[nH]c(=O)[nH]c(=O)c1Cc1ccccc1Br. The Morgan fingerprint density at radius 2 is 1.88 bits per heavy atom. The maximum absolute atomic E-state index is 11.7. The minimum Gasteiger partial charge on any atom is -0.311 e. The lowest BCUT2D eigenvalue weighted by atomic mass is 10.1. The molecule has 0 unspecified atom stereocenters. The summed E-state index contributed by atoms with van der Waals surface area (Å²) >= 11 is 3.43. The van der Waals surface area contributed by atoms with Crippen LogP contribution in [0.2, 0.25) is 0 Å². The highest BCUT2D eigenvalue weighted by Gasteiger charge is 2.08. The van der Waals surface area contributed by atoms with E-state index in [9.17, 15) is 9.59 Å². The number of benzene rings is 1. The molecule has 0 aliphatic heterocycles. The predicted octanol–water partition coefficient (Wildman–Crippen LogP) is 1.72. The molecule has 2 N–H and O–H groups in total. The van der Waals surface area contributed by atoms with Gasteiger partial charge in [-0.2, -0.15) is 0 Å². The molecule has 4 nitrogen and oxygen atoms in total. The molecule has 0 aliphatic carbocycles. The van der Waals surface area contributed by atoms with Crippen LogP contribution in [0.4, 0.5) is 0 Å². The highest BCUT2D eigenvalue weighted by molar-refractivity contribution is 9.10. The first kappa shape index (κ1) is 11.9. The Morgan fingerprint density at radius 1 is 1.18 bits per heavy atom. The zero-order valence-corrected chi connectivity index (χ0v) is 10.8. The first-order valence-corrected chi connectivity index (χ1v) is 5.92. The van der Waals surface area contributed by atoms with Crippen LogP contribution in [0.1, 0.15) is 16.8 Å². The zero-order chi connectivity index (χ0) is 12.4. The third kappa shape index (κ3) is 2.55. The molecule has 0 radical (unpaired) electrons. The standard InChI is InChI=1S/C12H11BrN2O2/c1-7-9(11(16)15-12(17)14-7)6-8-4-2-3-5-10(8)13/h2-5H,6H2,1H3,(H2,14,15,16,17). The molecule has 2 rings (SSSR count). The van der Waals surface area contributed by atoms with Gasteiger partial charge in [0.05, 0.1) is 0 Å². The van der Waals surface area contributed by atoms with Gasteiger partial charge in [-0.25, -0.2) is 4.79 Å². The van der Waals surface area contributed by atoms with Crippen LogP contribution in [0.15, 0.2) is 38.3 Å². The molecule has 0 fully saturated rings. The quantitative estimate of drug-likeness (QED) is 0.886. The number of hydrogen-bond donors (Lipinski definition) is 2. The normalized spacial score (nSPS) is 10.5. The van der Waals surface area contributed by atoms with Crippen molar-refractivity contribution in [1.82, 2.24) is 9.97 Å². The maximum Gasteiger partial charge on any atom is 0.325 e. The van der Waals surface area contributed by atoms with Gasteiger partial charge in [-0.1, -0.05) is 34.1 Å². The number of aromatic nitrogens is 2. The van der Waals surface area contributed by atoms with Crippen LogP contribution in [0.3, 0.4) is 0 Å². The summed E-state index contributed by atoms with van der Waals surface area (Å²) in [5.74, 6) is 0. The topological polar surface area (TPSA) is 65.7 Å². The van der Waals surface area contributed by atoms with E-state index in [0.29, 0.717) is 17.7 Å². The maximum atomic E-state index is 11.7. The van der Waals surface area contributed by atoms with Crippen LogP contribution in [0.5, 0.6) is 0 Å². The van der Waals surface area contributed by atoms with Gasteiger partial charge in [0.1, 0.15) is 0 Å². The lowest BCUT2D eigenvalue weighted by molar-refractivity contribution is 0.933. The molecule has 0 saturated heterocycles. The Labute approximate surface area is 106 Å². The van der Waals surface area contributed by atoms with E-state index in [1.54, 1.807) is 6.92 Å². The molecule has 0 amide bonds. The highest BCUT2D eigenvalue weighted by Crippen LogP contribution is 2.18. The second kappa shape index (κ2) is 4.71. The lowest BCUT2D eigenvalue weighted by Crippen LogP contribution is -2.27. The van der Waals surface area contributed by atoms with Gasteiger partial charge in [0.25, 0.3) is 5.56 Å². The average molecular weight is 295 g/mol. The third-order valence-electron chi connectivity index (χ3n) is 2.58. The molecule has 0 aliphatic rings. The summed E-state index contributed by atoms with van der Waals surface area (Å²) in [6, 6.07) is 7.69. The monoisotopic (exact) mass is 294 g/mol.